The fraction of sp³-hybridized carbons (Fsp3) is 0.111. The summed E-state index contributed by atoms with van der Waals surface area (Å²) in [6.45, 7) is 0. The van der Waals surface area contributed by atoms with Crippen LogP contribution in [0.4, 0.5) is 0 Å². The van der Waals surface area contributed by atoms with E-state index < -0.39 is 0 Å². The van der Waals surface area contributed by atoms with E-state index in [9.17, 15) is 4.79 Å². The summed E-state index contributed by atoms with van der Waals surface area (Å²) in [6.07, 6.45) is 1.65. The minimum atomic E-state index is -0.373. The molecule has 0 saturated heterocycles. The van der Waals surface area contributed by atoms with Crippen LogP contribution in [0.2, 0.25) is 0 Å². The number of hydrogen-bond donors (Lipinski definition) is 0. The van der Waals surface area contributed by atoms with E-state index in [-0.39, 0.29) is 5.97 Å². The van der Waals surface area contributed by atoms with Gasteiger partial charge in [-0.1, -0.05) is 0 Å². The molecule has 0 saturated carbocycles. The molecular formula is C9H7BrN2O2. The predicted octanol–water partition coefficient (Wildman–Crippen LogP) is 1.88. The maximum absolute atomic E-state index is 11.3. The van der Waals surface area contributed by atoms with E-state index in [4.69, 9.17) is 0 Å². The van der Waals surface area contributed by atoms with Gasteiger partial charge in [0.25, 0.3) is 0 Å². The molecule has 2 rings (SSSR count). The third-order valence-electron chi connectivity index (χ3n) is 1.89. The van der Waals surface area contributed by atoms with E-state index in [2.05, 4.69) is 25.8 Å². The Morgan fingerprint density at radius 1 is 1.64 bits per heavy atom. The fourth-order valence-electron chi connectivity index (χ4n) is 1.23. The van der Waals surface area contributed by atoms with Crippen molar-refractivity contribution in [3.8, 4) is 0 Å². The minimum Gasteiger partial charge on any atom is -0.465 e. The van der Waals surface area contributed by atoms with Crippen LogP contribution in [0.15, 0.2) is 29.0 Å². The first kappa shape index (κ1) is 9.21. The highest BCUT2D eigenvalue weighted by Gasteiger charge is 2.15. The zero-order valence-corrected chi connectivity index (χ0v) is 8.98. The van der Waals surface area contributed by atoms with Crippen LogP contribution < -0.4 is 0 Å². The molecule has 0 aliphatic rings. The van der Waals surface area contributed by atoms with Gasteiger partial charge in [0.1, 0.15) is 4.60 Å². The number of carbonyl (C=O) groups excluding carboxylic acids is 1. The van der Waals surface area contributed by atoms with E-state index in [0.29, 0.717) is 10.2 Å². The van der Waals surface area contributed by atoms with Crippen molar-refractivity contribution in [2.75, 3.05) is 7.11 Å². The number of aromatic nitrogens is 2. The smallest absolute Gasteiger partial charge is 0.340 e. The van der Waals surface area contributed by atoms with Crippen molar-refractivity contribution in [1.82, 2.24) is 9.61 Å². The first-order valence-corrected chi connectivity index (χ1v) is 4.74. The summed E-state index contributed by atoms with van der Waals surface area (Å²) in [5.41, 5.74) is 1.32. The van der Waals surface area contributed by atoms with Gasteiger partial charge in [-0.2, -0.15) is 5.10 Å². The molecule has 0 amide bonds. The molecule has 0 aliphatic carbocycles. The van der Waals surface area contributed by atoms with Gasteiger partial charge in [-0.05, 0) is 34.1 Å². The monoisotopic (exact) mass is 254 g/mol. The Hall–Kier alpha value is -1.36. The van der Waals surface area contributed by atoms with Gasteiger partial charge in [-0.3, -0.25) is 0 Å². The highest BCUT2D eigenvalue weighted by atomic mass is 79.9. The summed E-state index contributed by atoms with van der Waals surface area (Å²) in [6, 6.07) is 5.40. The first-order valence-electron chi connectivity index (χ1n) is 3.94. The molecule has 0 N–H and O–H groups in total. The number of ether oxygens (including phenoxy) is 1. The summed E-state index contributed by atoms with van der Waals surface area (Å²) in [4.78, 5) is 11.3. The van der Waals surface area contributed by atoms with Crippen molar-refractivity contribution < 1.29 is 9.53 Å². The molecule has 2 heterocycles. The number of methoxy groups -OCH3 is 1. The van der Waals surface area contributed by atoms with Gasteiger partial charge in [-0.25, -0.2) is 9.31 Å². The molecular weight excluding hydrogens is 248 g/mol. The van der Waals surface area contributed by atoms with Crippen LogP contribution in [0.25, 0.3) is 5.52 Å². The second kappa shape index (κ2) is 3.42. The maximum Gasteiger partial charge on any atom is 0.340 e. The van der Waals surface area contributed by atoms with Crippen LogP contribution in [0.1, 0.15) is 10.4 Å². The van der Waals surface area contributed by atoms with Gasteiger partial charge >= 0.3 is 5.97 Å². The lowest BCUT2D eigenvalue weighted by Crippen LogP contribution is -2.00. The van der Waals surface area contributed by atoms with Gasteiger partial charge < -0.3 is 4.74 Å². The van der Waals surface area contributed by atoms with Gasteiger partial charge in [0.05, 0.1) is 18.2 Å². The minimum absolute atomic E-state index is 0.373. The van der Waals surface area contributed by atoms with Gasteiger partial charge in [0.2, 0.25) is 0 Å². The second-order valence-corrected chi connectivity index (χ2v) is 3.45. The lowest BCUT2D eigenvalue weighted by Gasteiger charge is -1.95. The van der Waals surface area contributed by atoms with Gasteiger partial charge in [0, 0.05) is 6.20 Å². The molecule has 0 unspecified atom stereocenters. The van der Waals surface area contributed by atoms with E-state index in [1.54, 1.807) is 16.8 Å². The molecule has 0 atom stereocenters. The maximum atomic E-state index is 11.3. The quantitative estimate of drug-likeness (QED) is 0.731. The van der Waals surface area contributed by atoms with E-state index in [1.165, 1.54) is 7.11 Å². The van der Waals surface area contributed by atoms with Crippen molar-refractivity contribution in [2.24, 2.45) is 0 Å². The summed E-state index contributed by atoms with van der Waals surface area (Å²) in [5, 5.41) is 4.08. The second-order valence-electron chi connectivity index (χ2n) is 2.70. The normalized spacial score (nSPS) is 10.4. The van der Waals surface area contributed by atoms with E-state index >= 15 is 0 Å². The molecule has 0 aliphatic heterocycles. The summed E-state index contributed by atoms with van der Waals surface area (Å²) in [7, 11) is 1.35. The topological polar surface area (TPSA) is 43.6 Å². The molecule has 4 nitrogen and oxygen atoms in total. The Morgan fingerprint density at radius 3 is 3.07 bits per heavy atom. The van der Waals surface area contributed by atoms with Gasteiger partial charge in [-0.15, -0.1) is 0 Å². The van der Waals surface area contributed by atoms with Crippen LogP contribution in [0.3, 0.4) is 0 Å². The number of rotatable bonds is 1. The highest BCUT2D eigenvalue weighted by Crippen LogP contribution is 2.21. The van der Waals surface area contributed by atoms with Gasteiger partial charge in [0.15, 0.2) is 0 Å². The zero-order chi connectivity index (χ0) is 10.1. The number of nitrogens with zero attached hydrogens (tertiary/aromatic N) is 2. The van der Waals surface area contributed by atoms with Crippen molar-refractivity contribution in [1.29, 1.82) is 0 Å². The number of fused-ring (bicyclic) bond motifs is 1. The SMILES string of the molecule is COC(=O)c1cc2cccnn2c1Br. The van der Waals surface area contributed by atoms with Crippen molar-refractivity contribution >= 4 is 27.4 Å². The average molecular weight is 255 g/mol. The fourth-order valence-corrected chi connectivity index (χ4v) is 1.80. The molecule has 0 spiro atoms. The Kier molecular flexibility index (Phi) is 2.25. The molecule has 72 valence electrons. The van der Waals surface area contributed by atoms with E-state index in [0.717, 1.165) is 5.52 Å². The average Bonchev–Trinajstić information content (AvgIpc) is 2.56. The largest absolute Gasteiger partial charge is 0.465 e. The van der Waals surface area contributed by atoms with Crippen LogP contribution >= 0.6 is 15.9 Å². The van der Waals surface area contributed by atoms with Crippen molar-refractivity contribution in [2.45, 2.75) is 0 Å². The molecule has 0 bridgehead atoms. The third-order valence-corrected chi connectivity index (χ3v) is 2.65. The molecule has 0 radical (unpaired) electrons. The summed E-state index contributed by atoms with van der Waals surface area (Å²) < 4.78 is 6.88. The lowest BCUT2D eigenvalue weighted by molar-refractivity contribution is 0.0599. The Balaban J connectivity index is 2.68. The third kappa shape index (κ3) is 1.29. The number of hydrogen-bond acceptors (Lipinski definition) is 3. The zero-order valence-electron chi connectivity index (χ0n) is 7.40. The van der Waals surface area contributed by atoms with Crippen LogP contribution in [0.5, 0.6) is 0 Å². The highest BCUT2D eigenvalue weighted by molar-refractivity contribution is 9.10. The molecule has 0 aromatic carbocycles. The number of halogens is 1. The van der Waals surface area contributed by atoms with Crippen LogP contribution in [-0.4, -0.2) is 22.7 Å². The standard InChI is InChI=1S/C9H7BrN2O2/c1-14-9(13)7-5-6-3-2-4-11-12(6)8(7)10/h2-5H,1H3. The van der Waals surface area contributed by atoms with Crippen molar-refractivity contribution in [3.63, 3.8) is 0 Å². The number of carbonyl (C=O) groups is 1. The summed E-state index contributed by atoms with van der Waals surface area (Å²) in [5.74, 6) is -0.373. The summed E-state index contributed by atoms with van der Waals surface area (Å²) >= 11 is 3.29. The number of esters is 1. The molecule has 14 heavy (non-hydrogen) atoms. The Morgan fingerprint density at radius 2 is 2.43 bits per heavy atom. The van der Waals surface area contributed by atoms with Crippen LogP contribution in [-0.2, 0) is 4.74 Å². The molecule has 2 aromatic heterocycles. The van der Waals surface area contributed by atoms with E-state index in [1.807, 2.05) is 12.1 Å². The van der Waals surface area contributed by atoms with Crippen molar-refractivity contribution in [3.05, 3.63) is 34.6 Å². The Labute approximate surface area is 88.6 Å². The first-order chi connectivity index (χ1) is 6.74. The molecule has 2 aromatic rings. The molecule has 0 fully saturated rings. The Bertz CT molecular complexity index is 493. The predicted molar refractivity (Wildman–Crippen MR) is 54.2 cm³/mol. The molecule has 5 heteroatoms. The lowest BCUT2D eigenvalue weighted by atomic mass is 10.3. The van der Waals surface area contributed by atoms with Crippen LogP contribution in [0, 0.1) is 0 Å².